The first-order chi connectivity index (χ1) is 8.70. The maximum atomic E-state index is 5.92. The predicted molar refractivity (Wildman–Crippen MR) is 75.3 cm³/mol. The van der Waals surface area contributed by atoms with E-state index in [1.807, 2.05) is 25.1 Å². The summed E-state index contributed by atoms with van der Waals surface area (Å²) >= 11 is 1.81. The minimum Gasteiger partial charge on any atom is -0.398 e. The topological polar surface area (TPSA) is 64.9 Å². The van der Waals surface area contributed by atoms with E-state index < -0.39 is 0 Å². The quantitative estimate of drug-likeness (QED) is 0.662. The minimum atomic E-state index is 0.503. The van der Waals surface area contributed by atoms with E-state index in [1.165, 1.54) is 0 Å². The number of aromatic nitrogens is 2. The Morgan fingerprint density at radius 3 is 3.00 bits per heavy atom. The molecule has 5 heteroatoms. The van der Waals surface area contributed by atoms with Crippen LogP contribution in [0.5, 0.6) is 0 Å². The summed E-state index contributed by atoms with van der Waals surface area (Å²) in [6.07, 6.45) is 1.15. The van der Waals surface area contributed by atoms with Gasteiger partial charge in [0.15, 0.2) is 5.82 Å². The molecule has 2 N–H and O–H groups in total. The maximum Gasteiger partial charge on any atom is 0.260 e. The lowest BCUT2D eigenvalue weighted by molar-refractivity contribution is 0.425. The van der Waals surface area contributed by atoms with Gasteiger partial charge in [-0.15, -0.1) is 0 Å². The molecule has 0 fully saturated rings. The van der Waals surface area contributed by atoms with Crippen molar-refractivity contribution < 1.29 is 4.52 Å². The Morgan fingerprint density at radius 2 is 2.22 bits per heavy atom. The maximum absolute atomic E-state index is 5.92. The van der Waals surface area contributed by atoms with E-state index in [1.54, 1.807) is 11.8 Å². The Labute approximate surface area is 111 Å². The van der Waals surface area contributed by atoms with Crippen LogP contribution in [-0.2, 0) is 5.75 Å². The molecule has 0 spiro atoms. The van der Waals surface area contributed by atoms with E-state index in [0.29, 0.717) is 11.6 Å². The molecule has 0 aliphatic heterocycles. The van der Waals surface area contributed by atoms with E-state index in [9.17, 15) is 0 Å². The molecule has 0 amide bonds. The molecule has 2 aromatic rings. The molecule has 0 atom stereocenters. The first kappa shape index (κ1) is 13.0. The van der Waals surface area contributed by atoms with Crippen molar-refractivity contribution in [2.24, 2.45) is 0 Å². The van der Waals surface area contributed by atoms with Crippen molar-refractivity contribution in [1.29, 1.82) is 0 Å². The van der Waals surface area contributed by atoms with Gasteiger partial charge in [-0.1, -0.05) is 23.7 Å². The van der Waals surface area contributed by atoms with Gasteiger partial charge in [0.25, 0.3) is 5.89 Å². The van der Waals surface area contributed by atoms with Crippen LogP contribution in [0.15, 0.2) is 22.7 Å². The van der Waals surface area contributed by atoms with Crippen molar-refractivity contribution in [3.63, 3.8) is 0 Å². The lowest BCUT2D eigenvalue weighted by Gasteiger charge is -2.01. The monoisotopic (exact) mass is 263 g/mol. The van der Waals surface area contributed by atoms with E-state index in [2.05, 4.69) is 17.1 Å². The minimum absolute atomic E-state index is 0.503. The molecule has 96 valence electrons. The highest BCUT2D eigenvalue weighted by Crippen LogP contribution is 2.25. The third kappa shape index (κ3) is 3.04. The number of nitrogens with two attached hydrogens (primary N) is 1. The lowest BCUT2D eigenvalue weighted by atomic mass is 10.1. The van der Waals surface area contributed by atoms with Crippen molar-refractivity contribution in [1.82, 2.24) is 10.1 Å². The average molecular weight is 263 g/mol. The second-order valence-electron chi connectivity index (χ2n) is 4.16. The van der Waals surface area contributed by atoms with Crippen LogP contribution in [0.25, 0.3) is 11.5 Å². The van der Waals surface area contributed by atoms with Crippen molar-refractivity contribution >= 4 is 17.4 Å². The average Bonchev–Trinajstić information content (AvgIpc) is 2.81. The largest absolute Gasteiger partial charge is 0.398 e. The molecule has 0 aliphatic rings. The zero-order valence-electron chi connectivity index (χ0n) is 10.6. The van der Waals surface area contributed by atoms with Crippen LogP contribution < -0.4 is 5.73 Å². The number of aryl methyl sites for hydroxylation is 1. The third-order valence-electron chi connectivity index (χ3n) is 2.49. The molecule has 0 saturated carbocycles. The van der Waals surface area contributed by atoms with Crippen LogP contribution in [0.3, 0.4) is 0 Å². The van der Waals surface area contributed by atoms with E-state index in [4.69, 9.17) is 10.3 Å². The number of hydrogen-bond donors (Lipinski definition) is 1. The summed E-state index contributed by atoms with van der Waals surface area (Å²) in [5, 5.41) is 3.97. The van der Waals surface area contributed by atoms with Crippen LogP contribution >= 0.6 is 11.8 Å². The van der Waals surface area contributed by atoms with Gasteiger partial charge in [-0.3, -0.25) is 0 Å². The molecule has 1 aromatic carbocycles. The van der Waals surface area contributed by atoms with Gasteiger partial charge in [0.05, 0.1) is 11.3 Å². The summed E-state index contributed by atoms with van der Waals surface area (Å²) in [4.78, 5) is 4.38. The van der Waals surface area contributed by atoms with Gasteiger partial charge in [-0.05, 0) is 31.2 Å². The summed E-state index contributed by atoms with van der Waals surface area (Å²) in [6.45, 7) is 4.17. The Hall–Kier alpha value is -1.49. The highest BCUT2D eigenvalue weighted by Gasteiger charge is 2.11. The summed E-state index contributed by atoms with van der Waals surface area (Å²) in [7, 11) is 0. The summed E-state index contributed by atoms with van der Waals surface area (Å²) in [5.41, 5.74) is 8.52. The first-order valence-corrected chi connectivity index (χ1v) is 7.13. The highest BCUT2D eigenvalue weighted by atomic mass is 32.2. The number of nitrogens with zero attached hydrogens (tertiary/aromatic N) is 2. The zero-order chi connectivity index (χ0) is 13.0. The SMILES string of the molecule is CCCSCc1noc(-c2cc(C)ccc2N)n1. The number of nitrogen functional groups attached to an aromatic ring is 1. The normalized spacial score (nSPS) is 10.8. The number of thioether (sulfide) groups is 1. The standard InChI is InChI=1S/C13H17N3OS/c1-3-6-18-8-12-15-13(17-16-12)10-7-9(2)4-5-11(10)14/h4-5,7H,3,6,8,14H2,1-2H3. The van der Waals surface area contributed by atoms with Gasteiger partial charge in [0.2, 0.25) is 0 Å². The fourth-order valence-corrected chi connectivity index (χ4v) is 2.32. The third-order valence-corrected chi connectivity index (χ3v) is 3.65. The van der Waals surface area contributed by atoms with Gasteiger partial charge in [-0.25, -0.2) is 0 Å². The van der Waals surface area contributed by atoms with Crippen molar-refractivity contribution in [2.45, 2.75) is 26.0 Å². The number of rotatable bonds is 5. The van der Waals surface area contributed by atoms with Crippen LogP contribution in [-0.4, -0.2) is 15.9 Å². The zero-order valence-corrected chi connectivity index (χ0v) is 11.5. The second kappa shape index (κ2) is 5.91. The van der Waals surface area contributed by atoms with Crippen LogP contribution in [0, 0.1) is 6.92 Å². The van der Waals surface area contributed by atoms with Gasteiger partial charge in [0.1, 0.15) is 0 Å². The predicted octanol–water partition coefficient (Wildman–Crippen LogP) is 3.27. The molecule has 0 radical (unpaired) electrons. The van der Waals surface area contributed by atoms with Crippen molar-refractivity contribution in [2.75, 3.05) is 11.5 Å². The molecule has 1 aromatic heterocycles. The van der Waals surface area contributed by atoms with E-state index in [0.717, 1.165) is 34.9 Å². The van der Waals surface area contributed by atoms with E-state index >= 15 is 0 Å². The molecule has 18 heavy (non-hydrogen) atoms. The summed E-state index contributed by atoms with van der Waals surface area (Å²) in [6, 6.07) is 5.79. The molecule has 4 nitrogen and oxygen atoms in total. The Morgan fingerprint density at radius 1 is 1.39 bits per heavy atom. The number of benzene rings is 1. The summed E-state index contributed by atoms with van der Waals surface area (Å²) in [5.74, 6) is 3.12. The fourth-order valence-electron chi connectivity index (χ4n) is 1.59. The Bertz CT molecular complexity index is 525. The summed E-state index contributed by atoms with van der Waals surface area (Å²) < 4.78 is 5.26. The molecule has 0 aliphatic carbocycles. The van der Waals surface area contributed by atoms with Crippen molar-refractivity contribution in [3.8, 4) is 11.5 Å². The van der Waals surface area contributed by atoms with Gasteiger partial charge >= 0.3 is 0 Å². The smallest absolute Gasteiger partial charge is 0.260 e. The second-order valence-corrected chi connectivity index (χ2v) is 5.26. The van der Waals surface area contributed by atoms with Gasteiger partial charge < -0.3 is 10.3 Å². The first-order valence-electron chi connectivity index (χ1n) is 5.97. The fraction of sp³-hybridized carbons (Fsp3) is 0.385. The molecular weight excluding hydrogens is 246 g/mol. The Kier molecular flexibility index (Phi) is 4.25. The van der Waals surface area contributed by atoms with Crippen LogP contribution in [0.1, 0.15) is 24.7 Å². The van der Waals surface area contributed by atoms with Crippen LogP contribution in [0.4, 0.5) is 5.69 Å². The lowest BCUT2D eigenvalue weighted by Crippen LogP contribution is -1.91. The molecule has 0 bridgehead atoms. The van der Waals surface area contributed by atoms with Crippen LogP contribution in [0.2, 0.25) is 0 Å². The molecular formula is C13H17N3OS. The molecule has 0 unspecified atom stereocenters. The van der Waals surface area contributed by atoms with Crippen molar-refractivity contribution in [3.05, 3.63) is 29.6 Å². The van der Waals surface area contributed by atoms with E-state index in [-0.39, 0.29) is 0 Å². The number of hydrogen-bond acceptors (Lipinski definition) is 5. The number of anilines is 1. The Balaban J connectivity index is 2.16. The van der Waals surface area contributed by atoms with Gasteiger partial charge in [0, 0.05) is 5.69 Å². The highest BCUT2D eigenvalue weighted by molar-refractivity contribution is 7.98. The molecule has 2 rings (SSSR count). The molecule has 0 saturated heterocycles. The van der Waals surface area contributed by atoms with Gasteiger partial charge in [-0.2, -0.15) is 16.7 Å². The molecule has 1 heterocycles.